The van der Waals surface area contributed by atoms with E-state index in [4.69, 9.17) is 4.98 Å². The van der Waals surface area contributed by atoms with Crippen LogP contribution in [0.4, 0.5) is 5.69 Å². The molecule has 5 rings (SSSR count). The standard InChI is InChI=1S/C28H25N5O3S/c1-33-23(17-18-29-33)25(19-11-5-3-6-12-19)31-28(34)24-21-15-9-10-16-22(21)30-26(20-13-7-4-8-14-20)27(24)32-37(2,35)36/h3-18,25,32H,1-2H3,(H,31,34). The number of para-hydroxylation sites is 1. The number of amides is 1. The molecule has 0 bridgehead atoms. The molecular formula is C28H25N5O3S. The van der Waals surface area contributed by atoms with Gasteiger partial charge in [-0.2, -0.15) is 5.10 Å². The molecule has 3 aromatic carbocycles. The highest BCUT2D eigenvalue weighted by molar-refractivity contribution is 7.92. The maximum Gasteiger partial charge on any atom is 0.254 e. The number of sulfonamides is 1. The lowest BCUT2D eigenvalue weighted by Crippen LogP contribution is -2.32. The number of hydrogen-bond donors (Lipinski definition) is 2. The van der Waals surface area contributed by atoms with Crippen molar-refractivity contribution in [2.75, 3.05) is 11.0 Å². The van der Waals surface area contributed by atoms with Crippen LogP contribution in [-0.2, 0) is 17.1 Å². The molecular weight excluding hydrogens is 486 g/mol. The first-order valence-electron chi connectivity index (χ1n) is 11.6. The lowest BCUT2D eigenvalue weighted by atomic mass is 9.99. The van der Waals surface area contributed by atoms with Crippen molar-refractivity contribution in [1.82, 2.24) is 20.1 Å². The first kappa shape index (κ1) is 24.2. The molecule has 0 aliphatic rings. The van der Waals surface area contributed by atoms with Gasteiger partial charge in [-0.05, 0) is 17.7 Å². The van der Waals surface area contributed by atoms with Gasteiger partial charge in [-0.3, -0.25) is 14.2 Å². The molecule has 0 saturated carbocycles. The van der Waals surface area contributed by atoms with Crippen LogP contribution < -0.4 is 10.0 Å². The number of nitrogens with zero attached hydrogens (tertiary/aromatic N) is 3. The highest BCUT2D eigenvalue weighted by Gasteiger charge is 2.27. The second kappa shape index (κ2) is 9.87. The van der Waals surface area contributed by atoms with E-state index in [0.717, 1.165) is 17.5 Å². The highest BCUT2D eigenvalue weighted by atomic mass is 32.2. The van der Waals surface area contributed by atoms with Gasteiger partial charge in [0.15, 0.2) is 0 Å². The van der Waals surface area contributed by atoms with Gasteiger partial charge in [-0.15, -0.1) is 0 Å². The number of pyridine rings is 1. The van der Waals surface area contributed by atoms with Crippen LogP contribution in [-0.4, -0.2) is 35.3 Å². The minimum absolute atomic E-state index is 0.127. The van der Waals surface area contributed by atoms with Gasteiger partial charge in [0.05, 0.1) is 40.5 Å². The van der Waals surface area contributed by atoms with Gasteiger partial charge < -0.3 is 5.32 Å². The van der Waals surface area contributed by atoms with Gasteiger partial charge in [0.2, 0.25) is 10.0 Å². The number of aromatic nitrogens is 3. The normalized spacial score (nSPS) is 12.3. The molecule has 9 heteroatoms. The van der Waals surface area contributed by atoms with Crippen LogP contribution in [0.15, 0.2) is 97.2 Å². The Morgan fingerprint density at radius 3 is 2.19 bits per heavy atom. The number of rotatable bonds is 7. The molecule has 1 amide bonds. The lowest BCUT2D eigenvalue weighted by Gasteiger charge is -2.22. The molecule has 2 heterocycles. The average molecular weight is 512 g/mol. The smallest absolute Gasteiger partial charge is 0.254 e. The van der Waals surface area contributed by atoms with Gasteiger partial charge in [0, 0.05) is 24.2 Å². The summed E-state index contributed by atoms with van der Waals surface area (Å²) in [4.78, 5) is 18.9. The van der Waals surface area contributed by atoms with Crippen molar-refractivity contribution in [2.24, 2.45) is 7.05 Å². The van der Waals surface area contributed by atoms with Crippen molar-refractivity contribution in [3.8, 4) is 11.3 Å². The van der Waals surface area contributed by atoms with Crippen molar-refractivity contribution in [2.45, 2.75) is 6.04 Å². The van der Waals surface area contributed by atoms with Crippen LogP contribution in [0.5, 0.6) is 0 Å². The first-order chi connectivity index (χ1) is 17.8. The summed E-state index contributed by atoms with van der Waals surface area (Å²) in [7, 11) is -1.94. The van der Waals surface area contributed by atoms with Gasteiger partial charge >= 0.3 is 0 Å². The summed E-state index contributed by atoms with van der Waals surface area (Å²) in [6.07, 6.45) is 2.73. The van der Waals surface area contributed by atoms with Crippen molar-refractivity contribution in [3.05, 3.63) is 114 Å². The number of aryl methyl sites for hydroxylation is 1. The third-order valence-electron chi connectivity index (χ3n) is 6.02. The Morgan fingerprint density at radius 2 is 1.54 bits per heavy atom. The number of carbonyl (C=O) groups excluding carboxylic acids is 1. The summed E-state index contributed by atoms with van der Waals surface area (Å²) >= 11 is 0. The minimum atomic E-state index is -3.75. The third-order valence-corrected chi connectivity index (χ3v) is 6.59. The molecule has 1 atom stereocenters. The van der Waals surface area contributed by atoms with Crippen LogP contribution in [0.3, 0.4) is 0 Å². The molecule has 2 N–H and O–H groups in total. The van der Waals surface area contributed by atoms with E-state index in [1.807, 2.05) is 79.8 Å². The van der Waals surface area contributed by atoms with Gasteiger partial charge in [-0.25, -0.2) is 13.4 Å². The zero-order chi connectivity index (χ0) is 26.0. The molecule has 0 fully saturated rings. The minimum Gasteiger partial charge on any atom is -0.339 e. The summed E-state index contributed by atoms with van der Waals surface area (Å²) in [5, 5.41) is 7.93. The van der Waals surface area contributed by atoms with E-state index in [-0.39, 0.29) is 11.3 Å². The van der Waals surface area contributed by atoms with Crippen molar-refractivity contribution < 1.29 is 13.2 Å². The first-order valence-corrected chi connectivity index (χ1v) is 13.5. The fourth-order valence-corrected chi connectivity index (χ4v) is 4.95. The monoisotopic (exact) mass is 511 g/mol. The zero-order valence-electron chi connectivity index (χ0n) is 20.3. The number of nitrogens with one attached hydrogen (secondary N) is 2. The quantitative estimate of drug-likeness (QED) is 0.334. The van der Waals surface area contributed by atoms with Gasteiger partial charge in [0.1, 0.15) is 0 Å². The summed E-state index contributed by atoms with van der Waals surface area (Å²) in [6, 6.07) is 27.3. The Kier molecular flexibility index (Phi) is 6.45. The number of carbonyl (C=O) groups is 1. The molecule has 0 radical (unpaired) electrons. The van der Waals surface area contributed by atoms with Crippen molar-refractivity contribution in [1.29, 1.82) is 0 Å². The van der Waals surface area contributed by atoms with Crippen LogP contribution in [0.1, 0.15) is 27.7 Å². The Morgan fingerprint density at radius 1 is 0.892 bits per heavy atom. The Hall–Kier alpha value is -4.50. The Bertz CT molecular complexity index is 1680. The van der Waals surface area contributed by atoms with Gasteiger partial charge in [-0.1, -0.05) is 78.9 Å². The van der Waals surface area contributed by atoms with Crippen molar-refractivity contribution in [3.63, 3.8) is 0 Å². The fourth-order valence-electron chi connectivity index (χ4n) is 4.38. The summed E-state index contributed by atoms with van der Waals surface area (Å²) < 4.78 is 29.3. The largest absolute Gasteiger partial charge is 0.339 e. The van der Waals surface area contributed by atoms with E-state index >= 15 is 0 Å². The fraction of sp³-hybridized carbons (Fsp3) is 0.107. The van der Waals surface area contributed by atoms with E-state index in [9.17, 15) is 13.2 Å². The highest BCUT2D eigenvalue weighted by Crippen LogP contribution is 2.36. The number of benzene rings is 3. The molecule has 1 unspecified atom stereocenters. The Labute approximate surface area is 215 Å². The molecule has 0 aliphatic heterocycles. The topological polar surface area (TPSA) is 106 Å². The van der Waals surface area contributed by atoms with E-state index in [2.05, 4.69) is 15.1 Å². The van der Waals surface area contributed by atoms with Crippen LogP contribution in [0.2, 0.25) is 0 Å². The maximum atomic E-state index is 14.1. The summed E-state index contributed by atoms with van der Waals surface area (Å²) in [5.74, 6) is -0.447. The van der Waals surface area contributed by atoms with Crippen molar-refractivity contribution >= 4 is 32.5 Å². The molecule has 0 saturated heterocycles. The summed E-state index contributed by atoms with van der Waals surface area (Å²) in [5.41, 5.74) is 3.57. The number of hydrogen-bond acceptors (Lipinski definition) is 5. The molecule has 0 spiro atoms. The Balaban J connectivity index is 1.73. The van der Waals surface area contributed by atoms with E-state index in [0.29, 0.717) is 22.2 Å². The molecule has 37 heavy (non-hydrogen) atoms. The predicted molar refractivity (Wildman–Crippen MR) is 145 cm³/mol. The predicted octanol–water partition coefficient (Wildman–Crippen LogP) is 4.53. The number of fused-ring (bicyclic) bond motifs is 1. The average Bonchev–Trinajstić information content (AvgIpc) is 3.32. The van der Waals surface area contributed by atoms with E-state index in [1.54, 1.807) is 29.1 Å². The van der Waals surface area contributed by atoms with Crippen LogP contribution in [0, 0.1) is 0 Å². The molecule has 0 aliphatic carbocycles. The second-order valence-electron chi connectivity index (χ2n) is 8.66. The maximum absolute atomic E-state index is 14.1. The third kappa shape index (κ3) is 5.07. The molecule has 8 nitrogen and oxygen atoms in total. The zero-order valence-corrected chi connectivity index (χ0v) is 21.1. The second-order valence-corrected chi connectivity index (χ2v) is 10.4. The SMILES string of the molecule is Cn1nccc1C(NC(=O)c1c(NS(C)(=O)=O)c(-c2ccccc2)nc2ccccc12)c1ccccc1. The lowest BCUT2D eigenvalue weighted by molar-refractivity contribution is 0.0944. The molecule has 186 valence electrons. The van der Waals surface area contributed by atoms with Gasteiger partial charge in [0.25, 0.3) is 5.91 Å². The van der Waals surface area contributed by atoms with E-state index < -0.39 is 22.0 Å². The van der Waals surface area contributed by atoms with Crippen LogP contribution in [0.25, 0.3) is 22.2 Å². The summed E-state index contributed by atoms with van der Waals surface area (Å²) in [6.45, 7) is 0. The molecule has 2 aromatic heterocycles. The number of anilines is 1. The molecule has 5 aromatic rings. The van der Waals surface area contributed by atoms with E-state index in [1.165, 1.54) is 0 Å². The van der Waals surface area contributed by atoms with Crippen LogP contribution >= 0.6 is 0 Å².